The van der Waals surface area contributed by atoms with Crippen LogP contribution in [0.15, 0.2) is 47.8 Å². The SMILES string of the molecule is NC(N)=NCCCC(NC(=O)C(N)Cc1ccccc1)C(=O)NC(Cc1cnc[nH]1)C(=O)NCC(=O)O. The van der Waals surface area contributed by atoms with Crippen LogP contribution in [0.25, 0.3) is 0 Å². The molecule has 0 bridgehead atoms. The highest BCUT2D eigenvalue weighted by atomic mass is 16.4. The van der Waals surface area contributed by atoms with Crippen molar-refractivity contribution in [1.82, 2.24) is 25.9 Å². The van der Waals surface area contributed by atoms with Crippen molar-refractivity contribution in [3.63, 3.8) is 0 Å². The number of H-pyrrole nitrogens is 1. The van der Waals surface area contributed by atoms with E-state index in [-0.39, 0.29) is 31.8 Å². The van der Waals surface area contributed by atoms with E-state index in [9.17, 15) is 19.2 Å². The second kappa shape index (κ2) is 14.8. The molecule has 37 heavy (non-hydrogen) atoms. The van der Waals surface area contributed by atoms with Crippen LogP contribution in [0.3, 0.4) is 0 Å². The van der Waals surface area contributed by atoms with Gasteiger partial charge in [-0.15, -0.1) is 0 Å². The van der Waals surface area contributed by atoms with Crippen LogP contribution >= 0.6 is 0 Å². The first-order valence-corrected chi connectivity index (χ1v) is 11.6. The summed E-state index contributed by atoms with van der Waals surface area (Å²) in [4.78, 5) is 60.1. The smallest absolute Gasteiger partial charge is 0.322 e. The number of aliphatic carboxylic acids is 1. The fourth-order valence-electron chi connectivity index (χ4n) is 3.40. The molecule has 3 amide bonds. The van der Waals surface area contributed by atoms with Crippen LogP contribution in [0.1, 0.15) is 24.1 Å². The molecular formula is C23H33N9O5. The Hall–Kier alpha value is -4.46. The predicted molar refractivity (Wildman–Crippen MR) is 135 cm³/mol. The van der Waals surface area contributed by atoms with Gasteiger partial charge in [0.05, 0.1) is 12.4 Å². The minimum absolute atomic E-state index is 0.0133. The van der Waals surface area contributed by atoms with Gasteiger partial charge in [0.15, 0.2) is 5.96 Å². The molecule has 0 aliphatic carbocycles. The zero-order valence-corrected chi connectivity index (χ0v) is 20.2. The third-order valence-electron chi connectivity index (χ3n) is 5.24. The van der Waals surface area contributed by atoms with E-state index in [2.05, 4.69) is 30.9 Å². The van der Waals surface area contributed by atoms with Gasteiger partial charge in [-0.05, 0) is 24.8 Å². The number of aromatic amines is 1. The van der Waals surface area contributed by atoms with Crippen molar-refractivity contribution in [2.75, 3.05) is 13.1 Å². The molecule has 11 N–H and O–H groups in total. The number of guanidine groups is 1. The van der Waals surface area contributed by atoms with Gasteiger partial charge in [0.2, 0.25) is 17.7 Å². The number of hydrogen-bond donors (Lipinski definition) is 8. The second-order valence-corrected chi connectivity index (χ2v) is 8.26. The van der Waals surface area contributed by atoms with Gasteiger partial charge in [0, 0.05) is 24.9 Å². The van der Waals surface area contributed by atoms with Crippen LogP contribution in [0.5, 0.6) is 0 Å². The van der Waals surface area contributed by atoms with E-state index in [0.717, 1.165) is 5.56 Å². The highest BCUT2D eigenvalue weighted by Crippen LogP contribution is 2.06. The van der Waals surface area contributed by atoms with Crippen molar-refractivity contribution in [2.45, 2.75) is 43.8 Å². The quantitative estimate of drug-likeness (QED) is 0.0724. The Labute approximate surface area is 213 Å². The van der Waals surface area contributed by atoms with E-state index in [1.165, 1.54) is 12.5 Å². The molecule has 0 saturated heterocycles. The van der Waals surface area contributed by atoms with Crippen molar-refractivity contribution in [3.8, 4) is 0 Å². The molecule has 2 rings (SSSR count). The largest absolute Gasteiger partial charge is 0.480 e. The van der Waals surface area contributed by atoms with Gasteiger partial charge in [-0.1, -0.05) is 30.3 Å². The first-order valence-electron chi connectivity index (χ1n) is 11.6. The number of benzene rings is 1. The van der Waals surface area contributed by atoms with Gasteiger partial charge >= 0.3 is 5.97 Å². The number of rotatable bonds is 15. The maximum absolute atomic E-state index is 13.2. The first kappa shape index (κ1) is 28.8. The summed E-state index contributed by atoms with van der Waals surface area (Å²) in [5.41, 5.74) is 18.2. The van der Waals surface area contributed by atoms with Gasteiger partial charge in [0.1, 0.15) is 18.6 Å². The summed E-state index contributed by atoms with van der Waals surface area (Å²) in [5, 5.41) is 16.4. The molecule has 1 aromatic heterocycles. The van der Waals surface area contributed by atoms with Crippen LogP contribution < -0.4 is 33.2 Å². The first-order chi connectivity index (χ1) is 17.7. The van der Waals surface area contributed by atoms with E-state index >= 15 is 0 Å². The molecule has 3 unspecified atom stereocenters. The average Bonchev–Trinajstić information content (AvgIpc) is 3.37. The molecule has 0 aliphatic rings. The van der Waals surface area contributed by atoms with E-state index in [0.29, 0.717) is 12.1 Å². The van der Waals surface area contributed by atoms with Crippen molar-refractivity contribution >= 4 is 29.7 Å². The maximum atomic E-state index is 13.2. The molecule has 0 spiro atoms. The van der Waals surface area contributed by atoms with Crippen molar-refractivity contribution in [3.05, 3.63) is 54.1 Å². The standard InChI is InChI=1S/C23H33N9O5/c24-16(9-14-5-2-1-3-6-14)20(35)31-17(7-4-8-28-23(25)26)22(37)32-18(10-15-11-27-13-30-15)21(36)29-12-19(33)34/h1-3,5-6,11,13,16-18H,4,7-10,12,24H2,(H,27,30)(H,29,36)(H,31,35)(H,32,37)(H,33,34)(H4,25,26,28). The lowest BCUT2D eigenvalue weighted by Gasteiger charge is -2.24. The number of imidazole rings is 1. The average molecular weight is 516 g/mol. The lowest BCUT2D eigenvalue weighted by molar-refractivity contribution is -0.138. The Bertz CT molecular complexity index is 1060. The Morgan fingerprint density at radius 1 is 1.00 bits per heavy atom. The van der Waals surface area contributed by atoms with Gasteiger partial charge in [-0.25, -0.2) is 4.98 Å². The number of carbonyl (C=O) groups is 4. The highest BCUT2D eigenvalue weighted by Gasteiger charge is 2.28. The fourth-order valence-corrected chi connectivity index (χ4v) is 3.40. The van der Waals surface area contributed by atoms with Crippen LogP contribution in [0.4, 0.5) is 0 Å². The molecule has 0 aliphatic heterocycles. The normalized spacial score (nSPS) is 13.0. The van der Waals surface area contributed by atoms with E-state index in [1.54, 1.807) is 0 Å². The maximum Gasteiger partial charge on any atom is 0.322 e. The molecule has 2 aromatic rings. The number of aromatic nitrogens is 2. The number of nitrogens with zero attached hydrogens (tertiary/aromatic N) is 2. The molecule has 1 aromatic carbocycles. The number of aliphatic imine (C=N–C) groups is 1. The van der Waals surface area contributed by atoms with Gasteiger partial charge in [-0.2, -0.15) is 0 Å². The fraction of sp³-hybridized carbons (Fsp3) is 0.391. The predicted octanol–water partition coefficient (Wildman–Crippen LogP) is -2.25. The zero-order valence-electron chi connectivity index (χ0n) is 20.2. The van der Waals surface area contributed by atoms with E-state index in [1.807, 2.05) is 30.3 Å². The number of hydrogen-bond acceptors (Lipinski definition) is 7. The summed E-state index contributed by atoms with van der Waals surface area (Å²) in [6, 6.07) is 6.06. The molecule has 1 heterocycles. The van der Waals surface area contributed by atoms with Gasteiger partial charge < -0.3 is 43.2 Å². The van der Waals surface area contributed by atoms with Crippen LogP contribution in [-0.2, 0) is 32.0 Å². The number of carbonyl (C=O) groups excluding carboxylic acids is 3. The molecule has 14 nitrogen and oxygen atoms in total. The molecule has 3 atom stereocenters. The Kier molecular flexibility index (Phi) is 11.5. The summed E-state index contributed by atoms with van der Waals surface area (Å²) < 4.78 is 0. The Morgan fingerprint density at radius 3 is 2.32 bits per heavy atom. The van der Waals surface area contributed by atoms with E-state index < -0.39 is 48.4 Å². The highest BCUT2D eigenvalue weighted by molar-refractivity contribution is 5.93. The van der Waals surface area contributed by atoms with Crippen molar-refractivity contribution in [1.29, 1.82) is 0 Å². The third kappa shape index (κ3) is 10.8. The minimum Gasteiger partial charge on any atom is -0.480 e. The van der Waals surface area contributed by atoms with Gasteiger partial charge in [0.25, 0.3) is 0 Å². The minimum atomic E-state index is -1.24. The number of amides is 3. The molecule has 0 saturated carbocycles. The monoisotopic (exact) mass is 515 g/mol. The Balaban J connectivity index is 2.12. The lowest BCUT2D eigenvalue weighted by atomic mass is 10.0. The summed E-state index contributed by atoms with van der Waals surface area (Å²) in [6.07, 6.45) is 3.65. The van der Waals surface area contributed by atoms with Gasteiger partial charge in [-0.3, -0.25) is 24.2 Å². The molecular weight excluding hydrogens is 482 g/mol. The molecule has 0 fully saturated rings. The number of carboxylic acids is 1. The summed E-state index contributed by atoms with van der Waals surface area (Å²) in [5.74, 6) is -3.26. The second-order valence-electron chi connectivity index (χ2n) is 8.26. The number of nitrogens with one attached hydrogen (secondary N) is 4. The lowest BCUT2D eigenvalue weighted by Crippen LogP contribution is -2.56. The summed E-state index contributed by atoms with van der Waals surface area (Å²) in [7, 11) is 0. The van der Waals surface area contributed by atoms with Crippen molar-refractivity contribution < 1.29 is 24.3 Å². The number of nitrogens with two attached hydrogens (primary N) is 3. The van der Waals surface area contributed by atoms with Crippen LogP contribution in [-0.4, -0.2) is 75.9 Å². The summed E-state index contributed by atoms with van der Waals surface area (Å²) in [6.45, 7) is -0.407. The number of carboxylic acid groups (broad SMARTS) is 1. The van der Waals surface area contributed by atoms with Crippen LogP contribution in [0.2, 0.25) is 0 Å². The molecule has 14 heteroatoms. The topological polar surface area (TPSA) is 244 Å². The zero-order chi connectivity index (χ0) is 27.2. The molecule has 200 valence electrons. The van der Waals surface area contributed by atoms with Crippen molar-refractivity contribution in [2.24, 2.45) is 22.2 Å². The third-order valence-corrected chi connectivity index (χ3v) is 5.24. The summed E-state index contributed by atoms with van der Waals surface area (Å²) >= 11 is 0. The Morgan fingerprint density at radius 2 is 1.70 bits per heavy atom. The molecule has 0 radical (unpaired) electrons. The van der Waals surface area contributed by atoms with Crippen LogP contribution in [0, 0.1) is 0 Å². The van der Waals surface area contributed by atoms with E-state index in [4.69, 9.17) is 22.3 Å².